The molecule has 0 aliphatic heterocycles. The minimum Gasteiger partial charge on any atom is -0.488 e. The molecule has 0 bridgehead atoms. The van der Waals surface area contributed by atoms with E-state index < -0.39 is 0 Å². The van der Waals surface area contributed by atoms with E-state index in [-0.39, 0.29) is 32.0 Å². The Hall–Kier alpha value is -6.12. The van der Waals surface area contributed by atoms with Crippen LogP contribution in [0.1, 0.15) is 44.5 Å². The molecule has 12 nitrogen and oxygen atoms in total. The summed E-state index contributed by atoms with van der Waals surface area (Å²) in [4.78, 5) is 21.6. The maximum Gasteiger partial charge on any atom is 0.262 e. The molecule has 0 spiro atoms. The summed E-state index contributed by atoms with van der Waals surface area (Å²) in [6, 6.07) is 27.0. The normalized spacial score (nSPS) is 10.9. The average Bonchev–Trinajstić information content (AvgIpc) is 3.21. The van der Waals surface area contributed by atoms with Crippen molar-refractivity contribution in [1.82, 2.24) is 25.0 Å². The van der Waals surface area contributed by atoms with Gasteiger partial charge in [0, 0.05) is 73.7 Å². The van der Waals surface area contributed by atoms with Gasteiger partial charge in [0.1, 0.15) is 42.5 Å². The number of halogens is 1. The number of ether oxygens (including phenoxy) is 2. The highest BCUT2D eigenvalue weighted by atomic mass is 35.5. The Morgan fingerprint density at radius 2 is 1.53 bits per heavy atom. The second kappa shape index (κ2) is 18.8. The number of nitrogens with one attached hydrogen (secondary N) is 2. The van der Waals surface area contributed by atoms with E-state index in [1.807, 2.05) is 54.6 Å². The molecule has 0 unspecified atom stereocenters. The highest BCUT2D eigenvalue weighted by molar-refractivity contribution is 6.32. The van der Waals surface area contributed by atoms with Crippen LogP contribution in [0.25, 0.3) is 16.8 Å². The van der Waals surface area contributed by atoms with Gasteiger partial charge in [-0.2, -0.15) is 10.5 Å². The van der Waals surface area contributed by atoms with Gasteiger partial charge >= 0.3 is 0 Å². The largest absolute Gasteiger partial charge is 0.488 e. The van der Waals surface area contributed by atoms with Gasteiger partial charge in [0.25, 0.3) is 5.56 Å². The van der Waals surface area contributed by atoms with Crippen LogP contribution in [0.5, 0.6) is 11.5 Å². The first-order valence-corrected chi connectivity index (χ1v) is 17.9. The number of nitrogens with zero attached hydrogens (tertiary/aromatic N) is 5. The number of nitriles is 2. The molecule has 6 aromatic rings. The standard InChI is InChI=1S/C42H38ClN7O5/c43-38-17-34(23-46-8-11-51)39(54-27-31-13-30(19-44)21-48-22-31)18-40(38)55-26-29-3-1-4-32(15-29)36-6-2-5-33(37(36)20-45)14-28-7-10-50-41(16-28)49-25-35(42(50)53)24-47-9-12-52/h1-7,10,13,15-18,21-22,25,46-47,51-52H,8-9,11-12,14,23-24,26-27H2. The molecule has 0 aliphatic rings. The Kier molecular flexibility index (Phi) is 13.2. The predicted molar refractivity (Wildman–Crippen MR) is 208 cm³/mol. The molecule has 55 heavy (non-hydrogen) atoms. The molecule has 0 amide bonds. The fraction of sp³-hybridized carbons (Fsp3) is 0.214. The van der Waals surface area contributed by atoms with E-state index in [2.05, 4.69) is 32.7 Å². The van der Waals surface area contributed by atoms with E-state index in [0.717, 1.165) is 38.9 Å². The van der Waals surface area contributed by atoms with Gasteiger partial charge in [0.05, 0.1) is 29.4 Å². The Morgan fingerprint density at radius 1 is 0.764 bits per heavy atom. The Balaban J connectivity index is 1.19. The number of aromatic nitrogens is 3. The summed E-state index contributed by atoms with van der Waals surface area (Å²) in [6.45, 7) is 1.81. The Labute approximate surface area is 322 Å². The third-order valence-corrected chi connectivity index (χ3v) is 9.07. The lowest BCUT2D eigenvalue weighted by molar-refractivity contribution is 0.282. The minimum atomic E-state index is -0.179. The van der Waals surface area contributed by atoms with Crippen LogP contribution in [0.4, 0.5) is 0 Å². The van der Waals surface area contributed by atoms with Gasteiger partial charge in [0.15, 0.2) is 0 Å². The molecule has 4 N–H and O–H groups in total. The second-order valence-electron chi connectivity index (χ2n) is 12.6. The molecule has 0 fully saturated rings. The number of benzene rings is 3. The first-order chi connectivity index (χ1) is 26.9. The van der Waals surface area contributed by atoms with Crippen molar-refractivity contribution in [2.45, 2.75) is 32.7 Å². The first-order valence-electron chi connectivity index (χ1n) is 17.6. The van der Waals surface area contributed by atoms with Crippen LogP contribution in [-0.2, 0) is 32.7 Å². The SMILES string of the molecule is N#Cc1cncc(COc2cc(OCc3cccc(-c4cccc(Cc5ccn6c(=O)c(CNCCO)cnc6c5)c4C#N)c3)c(Cl)cc2CNCCO)c1. The zero-order chi connectivity index (χ0) is 38.6. The number of aliphatic hydroxyl groups is 2. The molecular weight excluding hydrogens is 718 g/mol. The molecule has 3 aromatic carbocycles. The molecule has 0 saturated carbocycles. The van der Waals surface area contributed by atoms with Crippen molar-refractivity contribution in [1.29, 1.82) is 10.5 Å². The molecule has 0 atom stereocenters. The lowest BCUT2D eigenvalue weighted by atomic mass is 9.92. The zero-order valence-corrected chi connectivity index (χ0v) is 30.6. The van der Waals surface area contributed by atoms with Crippen LogP contribution in [-0.4, -0.2) is 50.9 Å². The molecule has 0 aliphatic carbocycles. The van der Waals surface area contributed by atoms with Gasteiger partial charge < -0.3 is 30.3 Å². The van der Waals surface area contributed by atoms with E-state index in [1.54, 1.807) is 36.8 Å². The minimum absolute atomic E-state index is 0.0180. The van der Waals surface area contributed by atoms with Gasteiger partial charge in [-0.15, -0.1) is 0 Å². The summed E-state index contributed by atoms with van der Waals surface area (Å²) in [5, 5.41) is 44.4. The molecule has 0 radical (unpaired) electrons. The zero-order valence-electron chi connectivity index (χ0n) is 29.8. The number of pyridine rings is 2. The molecule has 278 valence electrons. The van der Waals surface area contributed by atoms with Crippen molar-refractivity contribution < 1.29 is 19.7 Å². The van der Waals surface area contributed by atoms with Gasteiger partial charge in [-0.1, -0.05) is 48.0 Å². The summed E-state index contributed by atoms with van der Waals surface area (Å²) in [6.07, 6.45) is 6.83. The Morgan fingerprint density at radius 3 is 2.31 bits per heavy atom. The van der Waals surface area contributed by atoms with Crippen molar-refractivity contribution in [3.63, 3.8) is 0 Å². The summed E-state index contributed by atoms with van der Waals surface area (Å²) in [7, 11) is 0. The smallest absolute Gasteiger partial charge is 0.262 e. The van der Waals surface area contributed by atoms with Crippen molar-refractivity contribution >= 4 is 17.2 Å². The van der Waals surface area contributed by atoms with Crippen molar-refractivity contribution in [3.8, 4) is 34.8 Å². The van der Waals surface area contributed by atoms with Gasteiger partial charge in [-0.25, -0.2) is 4.98 Å². The van der Waals surface area contributed by atoms with Crippen LogP contribution in [0, 0.1) is 22.7 Å². The highest BCUT2D eigenvalue weighted by Crippen LogP contribution is 2.35. The van der Waals surface area contributed by atoms with Crippen molar-refractivity contribution in [2.24, 2.45) is 0 Å². The third kappa shape index (κ3) is 9.71. The second-order valence-corrected chi connectivity index (χ2v) is 13.0. The van der Waals surface area contributed by atoms with Crippen LogP contribution >= 0.6 is 11.6 Å². The summed E-state index contributed by atoms with van der Waals surface area (Å²) >= 11 is 6.69. The molecule has 3 heterocycles. The van der Waals surface area contributed by atoms with E-state index >= 15 is 0 Å². The van der Waals surface area contributed by atoms with E-state index in [0.29, 0.717) is 71.5 Å². The van der Waals surface area contributed by atoms with Crippen molar-refractivity contribution in [2.75, 3.05) is 26.3 Å². The van der Waals surface area contributed by atoms with Gasteiger partial charge in [-0.05, 0) is 64.6 Å². The summed E-state index contributed by atoms with van der Waals surface area (Å²) < 4.78 is 13.9. The fourth-order valence-corrected chi connectivity index (χ4v) is 6.31. The average molecular weight is 756 g/mol. The number of hydrogen-bond donors (Lipinski definition) is 4. The highest BCUT2D eigenvalue weighted by Gasteiger charge is 2.15. The fourth-order valence-electron chi connectivity index (χ4n) is 6.07. The van der Waals surface area contributed by atoms with E-state index in [4.69, 9.17) is 26.2 Å². The van der Waals surface area contributed by atoms with Gasteiger partial charge in [0.2, 0.25) is 0 Å². The molecule has 3 aromatic heterocycles. The van der Waals surface area contributed by atoms with Gasteiger partial charge in [-0.3, -0.25) is 14.2 Å². The number of hydrogen-bond acceptors (Lipinski definition) is 11. The molecule has 6 rings (SSSR count). The first kappa shape index (κ1) is 38.6. The van der Waals surface area contributed by atoms with E-state index in [1.165, 1.54) is 10.6 Å². The number of rotatable bonds is 17. The number of aliphatic hydroxyl groups excluding tert-OH is 2. The van der Waals surface area contributed by atoms with Crippen molar-refractivity contribution in [3.05, 3.63) is 157 Å². The maximum absolute atomic E-state index is 13.0. The van der Waals surface area contributed by atoms with Crippen LogP contribution < -0.4 is 25.7 Å². The topological polar surface area (TPSA) is 178 Å². The third-order valence-electron chi connectivity index (χ3n) is 8.78. The lowest BCUT2D eigenvalue weighted by Crippen LogP contribution is -2.26. The lowest BCUT2D eigenvalue weighted by Gasteiger charge is -2.16. The van der Waals surface area contributed by atoms with Crippen LogP contribution in [0.15, 0.2) is 102 Å². The van der Waals surface area contributed by atoms with Crippen LogP contribution in [0.3, 0.4) is 0 Å². The number of fused-ring (bicyclic) bond motifs is 1. The maximum atomic E-state index is 13.0. The summed E-state index contributed by atoms with van der Waals surface area (Å²) in [5.74, 6) is 0.945. The molecule has 13 heteroatoms. The monoisotopic (exact) mass is 755 g/mol. The predicted octanol–water partition coefficient (Wildman–Crippen LogP) is 5.07. The van der Waals surface area contributed by atoms with E-state index in [9.17, 15) is 20.4 Å². The quantitative estimate of drug-likeness (QED) is 0.0915. The summed E-state index contributed by atoms with van der Waals surface area (Å²) in [5.41, 5.74) is 7.52. The molecule has 0 saturated heterocycles. The van der Waals surface area contributed by atoms with Crippen LogP contribution in [0.2, 0.25) is 5.02 Å². The Bertz CT molecular complexity index is 2440. The molecular formula is C42H38ClN7O5.